The van der Waals surface area contributed by atoms with Gasteiger partial charge in [-0.25, -0.2) is 0 Å². The zero-order valence-electron chi connectivity index (χ0n) is 21.6. The van der Waals surface area contributed by atoms with E-state index in [0.29, 0.717) is 6.42 Å². The first-order valence-electron chi connectivity index (χ1n) is 13.2. The van der Waals surface area contributed by atoms with Gasteiger partial charge in [0.25, 0.3) is 0 Å². The van der Waals surface area contributed by atoms with E-state index in [-0.39, 0.29) is 23.3 Å². The van der Waals surface area contributed by atoms with Crippen molar-refractivity contribution < 1.29 is 9.59 Å². The number of rotatable bonds is 6. The molecule has 1 saturated heterocycles. The average molecular weight is 476 g/mol. The third-order valence-corrected chi connectivity index (χ3v) is 7.80. The lowest BCUT2D eigenvalue weighted by molar-refractivity contribution is -0.145. The maximum Gasteiger partial charge on any atom is 0.248 e. The maximum absolute atomic E-state index is 13.9. The fourth-order valence-electron chi connectivity index (χ4n) is 5.73. The summed E-state index contributed by atoms with van der Waals surface area (Å²) in [7, 11) is 0. The Morgan fingerprint density at radius 1 is 0.829 bits per heavy atom. The van der Waals surface area contributed by atoms with Gasteiger partial charge in [-0.1, -0.05) is 79.9 Å². The summed E-state index contributed by atoms with van der Waals surface area (Å²) in [5, 5.41) is 3.30. The van der Waals surface area contributed by atoms with E-state index < -0.39 is 5.54 Å². The van der Waals surface area contributed by atoms with Gasteiger partial charge in [-0.3, -0.25) is 14.5 Å². The third kappa shape index (κ3) is 6.13. The highest BCUT2D eigenvalue weighted by Crippen LogP contribution is 2.33. The summed E-state index contributed by atoms with van der Waals surface area (Å²) in [4.78, 5) is 31.9. The van der Waals surface area contributed by atoms with Crippen molar-refractivity contribution in [1.29, 1.82) is 0 Å². The van der Waals surface area contributed by atoms with Gasteiger partial charge in [-0.05, 0) is 44.7 Å². The molecule has 1 aliphatic carbocycles. The predicted octanol–water partition coefficient (Wildman–Crippen LogP) is 4.97. The predicted molar refractivity (Wildman–Crippen MR) is 141 cm³/mol. The number of hydrogen-bond acceptors (Lipinski definition) is 3. The Balaban J connectivity index is 1.50. The van der Waals surface area contributed by atoms with Crippen LogP contribution in [-0.4, -0.2) is 58.9 Å². The number of carbonyl (C=O) groups excluding carboxylic acids is 2. The Labute approximate surface area is 210 Å². The van der Waals surface area contributed by atoms with Gasteiger partial charge in [-0.2, -0.15) is 0 Å². The van der Waals surface area contributed by atoms with Crippen molar-refractivity contribution in [2.45, 2.75) is 76.3 Å². The molecular weight excluding hydrogens is 434 g/mol. The van der Waals surface area contributed by atoms with Gasteiger partial charge in [-0.15, -0.1) is 0 Å². The van der Waals surface area contributed by atoms with Crippen LogP contribution in [0.4, 0.5) is 0 Å². The molecule has 1 heterocycles. The topological polar surface area (TPSA) is 52.6 Å². The van der Waals surface area contributed by atoms with Crippen molar-refractivity contribution in [3.8, 4) is 0 Å². The molecule has 2 fully saturated rings. The number of hydrogen-bond donors (Lipinski definition) is 1. The first-order chi connectivity index (χ1) is 16.8. The molecular formula is C30H41N3O2. The van der Waals surface area contributed by atoms with Gasteiger partial charge in [0.1, 0.15) is 5.54 Å². The minimum atomic E-state index is -0.767. The van der Waals surface area contributed by atoms with E-state index in [1.807, 2.05) is 41.3 Å². The van der Waals surface area contributed by atoms with Gasteiger partial charge < -0.3 is 10.2 Å². The Bertz CT molecular complexity index is 930. The molecule has 2 aromatic carbocycles. The molecule has 0 atom stereocenters. The quantitative estimate of drug-likeness (QED) is 0.642. The van der Waals surface area contributed by atoms with Crippen molar-refractivity contribution in [1.82, 2.24) is 15.1 Å². The summed E-state index contributed by atoms with van der Waals surface area (Å²) in [6, 6.07) is 20.4. The molecule has 2 aliphatic rings. The normalized spacial score (nSPS) is 18.9. The Morgan fingerprint density at radius 2 is 1.34 bits per heavy atom. The molecule has 35 heavy (non-hydrogen) atoms. The Kier molecular flexibility index (Phi) is 7.95. The lowest BCUT2D eigenvalue weighted by Gasteiger charge is -2.46. The lowest BCUT2D eigenvalue weighted by atomic mass is 9.79. The Morgan fingerprint density at radius 3 is 1.83 bits per heavy atom. The molecule has 188 valence electrons. The van der Waals surface area contributed by atoms with Crippen molar-refractivity contribution >= 4 is 11.8 Å². The number of nitrogens with one attached hydrogen (secondary N) is 1. The molecule has 0 aromatic heterocycles. The fourth-order valence-corrected chi connectivity index (χ4v) is 5.73. The van der Waals surface area contributed by atoms with Crippen LogP contribution in [0.15, 0.2) is 60.7 Å². The number of amides is 2. The molecule has 0 spiro atoms. The van der Waals surface area contributed by atoms with Crippen LogP contribution in [0, 0.1) is 0 Å². The minimum absolute atomic E-state index is 0.0358. The first kappa shape index (κ1) is 25.4. The highest BCUT2D eigenvalue weighted by atomic mass is 16.2. The molecule has 0 radical (unpaired) electrons. The van der Waals surface area contributed by atoms with Gasteiger partial charge in [0.15, 0.2) is 0 Å². The summed E-state index contributed by atoms with van der Waals surface area (Å²) >= 11 is 0. The second kappa shape index (κ2) is 10.9. The van der Waals surface area contributed by atoms with Gasteiger partial charge in [0.05, 0.1) is 0 Å². The molecule has 5 nitrogen and oxygen atoms in total. The molecule has 2 aromatic rings. The maximum atomic E-state index is 13.9. The molecule has 1 saturated carbocycles. The van der Waals surface area contributed by atoms with Crippen LogP contribution >= 0.6 is 0 Å². The second-order valence-electron chi connectivity index (χ2n) is 11.2. The summed E-state index contributed by atoms with van der Waals surface area (Å²) in [6.45, 7) is 9.89. The SMILES string of the molecule is CC(C)(C)N1CCN(C(=O)C2(NC(=O)CC(c3ccccc3)c3ccccc3)CCCCC2)CC1. The summed E-state index contributed by atoms with van der Waals surface area (Å²) in [5.74, 6) is 0.0461. The van der Waals surface area contributed by atoms with Crippen LogP contribution < -0.4 is 5.32 Å². The molecule has 0 unspecified atom stereocenters. The van der Waals surface area contributed by atoms with Crippen LogP contribution in [-0.2, 0) is 9.59 Å². The minimum Gasteiger partial charge on any atom is -0.342 e. The molecule has 0 bridgehead atoms. The fraction of sp³-hybridized carbons (Fsp3) is 0.533. The van der Waals surface area contributed by atoms with E-state index >= 15 is 0 Å². The zero-order valence-corrected chi connectivity index (χ0v) is 21.6. The molecule has 5 heteroatoms. The average Bonchev–Trinajstić information content (AvgIpc) is 2.88. The van der Waals surface area contributed by atoms with Crippen LogP contribution in [0.3, 0.4) is 0 Å². The second-order valence-corrected chi connectivity index (χ2v) is 11.2. The standard InChI is InChI=1S/C30H41N3O2/c1-29(2,3)33-21-19-32(20-22-33)28(35)30(17-11-6-12-18-30)31-27(34)23-26(24-13-7-4-8-14-24)25-15-9-5-10-16-25/h4-5,7-10,13-16,26H,6,11-12,17-23H2,1-3H3,(H,31,34). The first-order valence-corrected chi connectivity index (χ1v) is 13.2. The van der Waals surface area contributed by atoms with Crippen LogP contribution in [0.5, 0.6) is 0 Å². The largest absolute Gasteiger partial charge is 0.342 e. The van der Waals surface area contributed by atoms with Gasteiger partial charge >= 0.3 is 0 Å². The van der Waals surface area contributed by atoms with E-state index in [9.17, 15) is 9.59 Å². The van der Waals surface area contributed by atoms with Crippen molar-refractivity contribution in [2.75, 3.05) is 26.2 Å². The monoisotopic (exact) mass is 475 g/mol. The number of benzene rings is 2. The molecule has 1 N–H and O–H groups in total. The number of piperazine rings is 1. The van der Waals surface area contributed by atoms with Crippen LogP contribution in [0.1, 0.15) is 76.3 Å². The summed E-state index contributed by atoms with van der Waals surface area (Å²) < 4.78 is 0. The third-order valence-electron chi connectivity index (χ3n) is 7.80. The van der Waals surface area contributed by atoms with Crippen molar-refractivity contribution in [3.63, 3.8) is 0 Å². The van der Waals surface area contributed by atoms with E-state index in [1.54, 1.807) is 0 Å². The zero-order chi connectivity index (χ0) is 24.9. The van der Waals surface area contributed by atoms with Crippen LogP contribution in [0.2, 0.25) is 0 Å². The summed E-state index contributed by atoms with van der Waals surface area (Å²) in [5.41, 5.74) is 1.58. The van der Waals surface area contributed by atoms with Crippen molar-refractivity contribution in [2.24, 2.45) is 0 Å². The highest BCUT2D eigenvalue weighted by Gasteiger charge is 2.44. The van der Waals surface area contributed by atoms with Gasteiger partial charge in [0.2, 0.25) is 11.8 Å². The summed E-state index contributed by atoms with van der Waals surface area (Å²) in [6.07, 6.45) is 4.89. The van der Waals surface area contributed by atoms with E-state index in [2.05, 4.69) is 55.3 Å². The smallest absolute Gasteiger partial charge is 0.248 e. The lowest BCUT2D eigenvalue weighted by Crippen LogP contribution is -2.64. The van der Waals surface area contributed by atoms with Crippen molar-refractivity contribution in [3.05, 3.63) is 71.8 Å². The molecule has 1 aliphatic heterocycles. The molecule has 2 amide bonds. The number of carbonyl (C=O) groups is 2. The van der Waals surface area contributed by atoms with Crippen LogP contribution in [0.25, 0.3) is 0 Å². The number of nitrogens with zero attached hydrogens (tertiary/aromatic N) is 2. The van der Waals surface area contributed by atoms with Gasteiger partial charge in [0, 0.05) is 44.1 Å². The van der Waals surface area contributed by atoms with E-state index in [1.165, 1.54) is 0 Å². The Hall–Kier alpha value is -2.66. The van der Waals surface area contributed by atoms with E-state index in [4.69, 9.17) is 0 Å². The highest BCUT2D eigenvalue weighted by molar-refractivity contribution is 5.92. The molecule has 4 rings (SSSR count). The van der Waals surface area contributed by atoms with E-state index in [0.717, 1.165) is 69.4 Å².